The molecule has 1 unspecified atom stereocenters. The molecule has 0 aliphatic carbocycles. The van der Waals surface area contributed by atoms with Crippen LogP contribution in [0.1, 0.15) is 19.3 Å². The third-order valence-corrected chi connectivity index (χ3v) is 6.38. The molecular weight excluding hydrogens is 388 g/mol. The largest absolute Gasteiger partial charge is 0.337 e. The number of imidazole rings is 1. The lowest BCUT2D eigenvalue weighted by molar-refractivity contribution is 0.167. The Bertz CT molecular complexity index is 1310. The summed E-state index contributed by atoms with van der Waals surface area (Å²) in [6.07, 6.45) is 3.42. The molecule has 2 heterocycles. The number of likely N-dealkylation sites (N-methyl/N-ethyl adjacent to an activating group) is 1. The zero-order chi connectivity index (χ0) is 21.4. The number of amides is 1. The van der Waals surface area contributed by atoms with Crippen molar-refractivity contribution in [2.24, 2.45) is 0 Å². The van der Waals surface area contributed by atoms with Crippen LogP contribution in [-0.4, -0.2) is 39.7 Å². The first-order chi connectivity index (χ1) is 15.1. The Hall–Kier alpha value is -3.38. The number of benzene rings is 3. The Labute approximate surface area is 180 Å². The SMILES string of the molecule is CN1CCCCC1Cn1c(=O)n(C(=O)Nc2cccc3ccccc23)c2ccccc21. The highest BCUT2D eigenvalue weighted by Crippen LogP contribution is 2.24. The van der Waals surface area contributed by atoms with Crippen LogP contribution >= 0.6 is 0 Å². The molecule has 1 aromatic heterocycles. The van der Waals surface area contributed by atoms with E-state index in [1.165, 1.54) is 17.4 Å². The van der Waals surface area contributed by atoms with Gasteiger partial charge >= 0.3 is 11.7 Å². The number of nitrogens with one attached hydrogen (secondary N) is 1. The number of hydrogen-bond donors (Lipinski definition) is 1. The lowest BCUT2D eigenvalue weighted by atomic mass is 10.0. The molecule has 0 bridgehead atoms. The highest BCUT2D eigenvalue weighted by atomic mass is 16.2. The summed E-state index contributed by atoms with van der Waals surface area (Å²) >= 11 is 0. The number of nitrogens with zero attached hydrogens (tertiary/aromatic N) is 3. The van der Waals surface area contributed by atoms with Gasteiger partial charge in [-0.15, -0.1) is 0 Å². The van der Waals surface area contributed by atoms with E-state index in [1.807, 2.05) is 66.7 Å². The summed E-state index contributed by atoms with van der Waals surface area (Å²) in [6, 6.07) is 21.0. The molecule has 1 atom stereocenters. The minimum Gasteiger partial charge on any atom is -0.306 e. The van der Waals surface area contributed by atoms with Gasteiger partial charge in [0.2, 0.25) is 0 Å². The van der Waals surface area contributed by atoms with Crippen LogP contribution in [0.25, 0.3) is 21.8 Å². The molecule has 1 saturated heterocycles. The van der Waals surface area contributed by atoms with Crippen LogP contribution in [0.15, 0.2) is 71.5 Å². The number of para-hydroxylation sites is 2. The first-order valence-corrected chi connectivity index (χ1v) is 10.8. The van der Waals surface area contributed by atoms with Crippen molar-refractivity contribution in [1.29, 1.82) is 0 Å². The number of likely N-dealkylation sites (tertiary alicyclic amines) is 1. The van der Waals surface area contributed by atoms with E-state index in [1.54, 1.807) is 4.57 Å². The fraction of sp³-hybridized carbons (Fsp3) is 0.280. The van der Waals surface area contributed by atoms with E-state index in [-0.39, 0.29) is 5.69 Å². The fourth-order valence-electron chi connectivity index (χ4n) is 4.67. The van der Waals surface area contributed by atoms with Crippen molar-refractivity contribution in [2.75, 3.05) is 18.9 Å². The lowest BCUT2D eigenvalue weighted by Crippen LogP contribution is -2.42. The molecule has 158 valence electrons. The van der Waals surface area contributed by atoms with Crippen molar-refractivity contribution in [3.63, 3.8) is 0 Å². The maximum absolute atomic E-state index is 13.4. The second-order valence-electron chi connectivity index (χ2n) is 8.30. The molecule has 3 aromatic carbocycles. The summed E-state index contributed by atoms with van der Waals surface area (Å²) in [5.41, 5.74) is 1.82. The van der Waals surface area contributed by atoms with Crippen LogP contribution in [0, 0.1) is 0 Å². The summed E-state index contributed by atoms with van der Waals surface area (Å²) in [5, 5.41) is 4.94. The summed E-state index contributed by atoms with van der Waals surface area (Å²) in [6.45, 7) is 1.63. The molecule has 1 aliphatic rings. The van der Waals surface area contributed by atoms with E-state index in [2.05, 4.69) is 17.3 Å². The van der Waals surface area contributed by atoms with Gasteiger partial charge in [0.1, 0.15) is 0 Å². The molecule has 5 rings (SSSR count). The van der Waals surface area contributed by atoms with Crippen molar-refractivity contribution in [1.82, 2.24) is 14.0 Å². The highest BCUT2D eigenvalue weighted by molar-refractivity contribution is 6.04. The van der Waals surface area contributed by atoms with Gasteiger partial charge in [0.05, 0.1) is 16.7 Å². The molecule has 6 heteroatoms. The van der Waals surface area contributed by atoms with Crippen LogP contribution in [0.3, 0.4) is 0 Å². The van der Waals surface area contributed by atoms with Gasteiger partial charge in [0.25, 0.3) is 0 Å². The van der Waals surface area contributed by atoms with Crippen LogP contribution in [0.2, 0.25) is 0 Å². The molecule has 0 saturated carbocycles. The summed E-state index contributed by atoms with van der Waals surface area (Å²) in [4.78, 5) is 29.0. The number of hydrogen-bond acceptors (Lipinski definition) is 3. The van der Waals surface area contributed by atoms with Gasteiger partial charge in [-0.25, -0.2) is 14.2 Å². The quantitative estimate of drug-likeness (QED) is 0.536. The zero-order valence-electron chi connectivity index (χ0n) is 17.6. The van der Waals surface area contributed by atoms with Crippen molar-refractivity contribution in [2.45, 2.75) is 31.8 Å². The third-order valence-electron chi connectivity index (χ3n) is 6.38. The highest BCUT2D eigenvalue weighted by Gasteiger charge is 2.24. The monoisotopic (exact) mass is 414 g/mol. The maximum atomic E-state index is 13.4. The van der Waals surface area contributed by atoms with Gasteiger partial charge in [-0.2, -0.15) is 0 Å². The normalized spacial score (nSPS) is 17.3. The summed E-state index contributed by atoms with van der Waals surface area (Å²) < 4.78 is 3.02. The smallest absolute Gasteiger partial charge is 0.306 e. The molecule has 1 aliphatic heterocycles. The predicted molar refractivity (Wildman–Crippen MR) is 125 cm³/mol. The fourth-order valence-corrected chi connectivity index (χ4v) is 4.67. The Kier molecular flexibility index (Phi) is 5.08. The van der Waals surface area contributed by atoms with Crippen molar-refractivity contribution in [3.05, 3.63) is 77.2 Å². The Morgan fingerprint density at radius 3 is 2.55 bits per heavy atom. The zero-order valence-corrected chi connectivity index (χ0v) is 17.6. The van der Waals surface area contributed by atoms with E-state index in [0.29, 0.717) is 23.8 Å². The maximum Gasteiger partial charge on any atom is 0.337 e. The Balaban J connectivity index is 1.54. The average Bonchev–Trinajstić information content (AvgIpc) is 3.07. The first kappa shape index (κ1) is 19.6. The molecule has 0 radical (unpaired) electrons. The van der Waals surface area contributed by atoms with Crippen molar-refractivity contribution in [3.8, 4) is 0 Å². The molecule has 31 heavy (non-hydrogen) atoms. The van der Waals surface area contributed by atoms with E-state index in [4.69, 9.17) is 0 Å². The van der Waals surface area contributed by atoms with Crippen LogP contribution in [0.4, 0.5) is 10.5 Å². The molecular formula is C25H26N4O2. The van der Waals surface area contributed by atoms with Gasteiger partial charge in [-0.1, -0.05) is 55.0 Å². The number of piperidine rings is 1. The number of carbonyl (C=O) groups is 1. The van der Waals surface area contributed by atoms with E-state index < -0.39 is 6.03 Å². The van der Waals surface area contributed by atoms with Crippen molar-refractivity contribution < 1.29 is 4.79 Å². The molecule has 6 nitrogen and oxygen atoms in total. The Morgan fingerprint density at radius 2 is 1.71 bits per heavy atom. The van der Waals surface area contributed by atoms with Crippen LogP contribution in [0.5, 0.6) is 0 Å². The number of aromatic nitrogens is 2. The molecule has 1 N–H and O–H groups in total. The average molecular weight is 415 g/mol. The minimum absolute atomic E-state index is 0.294. The lowest BCUT2D eigenvalue weighted by Gasteiger charge is -2.32. The molecule has 4 aromatic rings. The van der Waals surface area contributed by atoms with Crippen LogP contribution in [-0.2, 0) is 6.54 Å². The molecule has 0 spiro atoms. The van der Waals surface area contributed by atoms with Crippen molar-refractivity contribution >= 4 is 33.5 Å². The molecule has 1 fully saturated rings. The minimum atomic E-state index is -0.437. The molecule has 1 amide bonds. The topological polar surface area (TPSA) is 59.3 Å². The predicted octanol–water partition coefficient (Wildman–Crippen LogP) is 4.52. The standard InChI is InChI=1S/C25H26N4O2/c1-27-16-7-6-11-19(27)17-28-22-14-4-5-15-23(22)29(25(28)31)24(30)26-21-13-8-10-18-9-2-3-12-20(18)21/h2-5,8-10,12-15,19H,6-7,11,16-17H2,1H3,(H,26,30). The number of rotatable bonds is 3. The first-order valence-electron chi connectivity index (χ1n) is 10.8. The van der Waals surface area contributed by atoms with Gasteiger partial charge in [-0.05, 0) is 50.0 Å². The van der Waals surface area contributed by atoms with Gasteiger partial charge in [0.15, 0.2) is 0 Å². The van der Waals surface area contributed by atoms with Gasteiger partial charge in [-0.3, -0.25) is 4.57 Å². The van der Waals surface area contributed by atoms with Crippen LogP contribution < -0.4 is 11.0 Å². The number of carbonyl (C=O) groups excluding carboxylic acids is 1. The van der Waals surface area contributed by atoms with Gasteiger partial charge in [0, 0.05) is 18.0 Å². The summed E-state index contributed by atoms with van der Waals surface area (Å²) in [7, 11) is 2.11. The third kappa shape index (κ3) is 3.53. The number of fused-ring (bicyclic) bond motifs is 2. The summed E-state index contributed by atoms with van der Waals surface area (Å²) in [5.74, 6) is 0. The second kappa shape index (κ2) is 8.04. The Morgan fingerprint density at radius 1 is 0.968 bits per heavy atom. The van der Waals surface area contributed by atoms with E-state index in [0.717, 1.165) is 29.3 Å². The van der Waals surface area contributed by atoms with E-state index >= 15 is 0 Å². The van der Waals surface area contributed by atoms with Gasteiger partial charge < -0.3 is 10.2 Å². The second-order valence-corrected chi connectivity index (χ2v) is 8.30. The number of anilines is 1. The van der Waals surface area contributed by atoms with E-state index in [9.17, 15) is 9.59 Å².